The molecule has 0 bridgehead atoms. The maximum Gasteiger partial charge on any atom is 0.135 e. The van der Waals surface area contributed by atoms with Crippen molar-refractivity contribution in [3.8, 4) is 11.8 Å². The maximum atomic E-state index is 5.37. The number of piperidine rings is 2. The molecule has 0 atom stereocenters. The molecule has 40 heavy (non-hydrogen) atoms. The summed E-state index contributed by atoms with van der Waals surface area (Å²) < 4.78 is 0. The molecule has 212 valence electrons. The van der Waals surface area contributed by atoms with Gasteiger partial charge in [-0.2, -0.15) is 0 Å². The van der Waals surface area contributed by atoms with Crippen LogP contribution in [0.15, 0.2) is 31.0 Å². The number of nitrogens with zero attached hydrogens (tertiary/aromatic N) is 5. The fourth-order valence-electron chi connectivity index (χ4n) is 6.99. The largest absolute Gasteiger partial charge is 0.371 e. The molecule has 2 aromatic heterocycles. The average molecular weight is 539 g/mol. The van der Waals surface area contributed by atoms with E-state index in [1.54, 1.807) is 13.0 Å². The van der Waals surface area contributed by atoms with Crippen LogP contribution < -0.4 is 10.2 Å². The van der Waals surface area contributed by atoms with Gasteiger partial charge < -0.3 is 15.1 Å². The molecule has 0 aromatic carbocycles. The first kappa shape index (κ1) is 27.3. The van der Waals surface area contributed by atoms with Gasteiger partial charge >= 0.3 is 0 Å². The van der Waals surface area contributed by atoms with Gasteiger partial charge in [0, 0.05) is 78.6 Å². The zero-order valence-electron chi connectivity index (χ0n) is 24.6. The minimum absolute atomic E-state index is 0.578. The summed E-state index contributed by atoms with van der Waals surface area (Å²) in [5.41, 5.74) is 8.28. The van der Waals surface area contributed by atoms with E-state index in [4.69, 9.17) is 9.97 Å². The van der Waals surface area contributed by atoms with Gasteiger partial charge in [-0.05, 0) is 109 Å². The Morgan fingerprint density at radius 3 is 2.40 bits per heavy atom. The molecule has 5 aliphatic rings. The van der Waals surface area contributed by atoms with Crippen molar-refractivity contribution in [2.45, 2.75) is 82.6 Å². The Balaban J connectivity index is 0.000000534. The topological polar surface area (TPSA) is 47.5 Å². The predicted octanol–water partition coefficient (Wildman–Crippen LogP) is 5.88. The number of pyridine rings is 2. The number of likely N-dealkylation sites (tertiary alicyclic amines) is 2. The number of allylic oxidation sites excluding steroid dienone is 1. The lowest BCUT2D eigenvalue weighted by Gasteiger charge is -2.46. The van der Waals surface area contributed by atoms with Crippen LogP contribution in [0.4, 0.5) is 17.2 Å². The molecule has 0 radical (unpaired) electrons. The van der Waals surface area contributed by atoms with Crippen molar-refractivity contribution in [1.29, 1.82) is 0 Å². The number of anilines is 3. The quantitative estimate of drug-likeness (QED) is 0.491. The summed E-state index contributed by atoms with van der Waals surface area (Å²) >= 11 is 0. The van der Waals surface area contributed by atoms with Crippen LogP contribution >= 0.6 is 0 Å². The zero-order valence-corrected chi connectivity index (χ0v) is 24.6. The number of hydrogen-bond acceptors (Lipinski definition) is 6. The fraction of sp³-hybridized carbons (Fsp3) is 0.588. The van der Waals surface area contributed by atoms with Crippen molar-refractivity contribution in [3.05, 3.63) is 53.5 Å². The zero-order chi connectivity index (χ0) is 27.5. The molecule has 4 fully saturated rings. The van der Waals surface area contributed by atoms with E-state index in [0.29, 0.717) is 11.8 Å². The Kier molecular flexibility index (Phi) is 8.41. The normalized spacial score (nSPS) is 21.8. The Bertz CT molecular complexity index is 1250. The van der Waals surface area contributed by atoms with Gasteiger partial charge in [-0.3, -0.25) is 9.88 Å². The van der Waals surface area contributed by atoms with Crippen molar-refractivity contribution in [2.24, 2.45) is 0 Å². The van der Waals surface area contributed by atoms with Crippen LogP contribution in [-0.2, 0) is 12.8 Å². The Hall–Kier alpha value is -2.88. The second kappa shape index (κ2) is 12.3. The van der Waals surface area contributed by atoms with Crippen LogP contribution in [0.2, 0.25) is 0 Å². The molecule has 4 aliphatic heterocycles. The van der Waals surface area contributed by atoms with Crippen LogP contribution in [0.1, 0.15) is 86.2 Å². The molecule has 6 heterocycles. The van der Waals surface area contributed by atoms with Crippen molar-refractivity contribution < 1.29 is 0 Å². The summed E-state index contributed by atoms with van der Waals surface area (Å²) in [6, 6.07) is 5.41. The van der Waals surface area contributed by atoms with Crippen LogP contribution in [0.3, 0.4) is 0 Å². The third-order valence-electron chi connectivity index (χ3n) is 9.52. The van der Waals surface area contributed by atoms with Crippen LogP contribution in [0.5, 0.6) is 0 Å². The average Bonchev–Trinajstić information content (AvgIpc) is 3.81. The Labute approximate surface area is 241 Å². The minimum atomic E-state index is 0.578. The highest BCUT2D eigenvalue weighted by atomic mass is 15.2. The van der Waals surface area contributed by atoms with Crippen LogP contribution in [0.25, 0.3) is 0 Å². The number of rotatable bonds is 4. The lowest BCUT2D eigenvalue weighted by molar-refractivity contribution is 0.0512. The van der Waals surface area contributed by atoms with E-state index in [1.165, 1.54) is 118 Å². The molecule has 0 amide bonds. The van der Waals surface area contributed by atoms with Crippen LogP contribution in [0, 0.1) is 11.8 Å². The van der Waals surface area contributed by atoms with Gasteiger partial charge in [0.05, 0.1) is 0 Å². The lowest BCUT2D eigenvalue weighted by atomic mass is 9.89. The number of nitrogens with one attached hydrogen (secondary N) is 1. The van der Waals surface area contributed by atoms with E-state index in [-0.39, 0.29) is 0 Å². The molecule has 0 unspecified atom stereocenters. The molecule has 3 saturated heterocycles. The van der Waals surface area contributed by atoms with E-state index in [1.807, 2.05) is 6.20 Å². The predicted molar refractivity (Wildman–Crippen MR) is 166 cm³/mol. The highest BCUT2D eigenvalue weighted by molar-refractivity contribution is 5.73. The standard InChI is InChI=1S/C29H40N6.C5H6/c1-33-15-10-22(11-16-33)35-18-21(19-35)25-17-26-23(28(31-25)20-5-6-20)7-8-24-27(9-12-30-29(24)32-26)34-13-3-2-4-14-34;1-3-5-4-2/h9,12,17,20-22H,2-8,10-11,13-16,18-19H2,1H3,(H,30,32);3H,1H2,2H3. The van der Waals surface area contributed by atoms with Crippen molar-refractivity contribution in [2.75, 3.05) is 56.5 Å². The second-order valence-corrected chi connectivity index (χ2v) is 12.3. The molecule has 1 saturated carbocycles. The van der Waals surface area contributed by atoms with Gasteiger partial charge in [0.25, 0.3) is 0 Å². The molecular weight excluding hydrogens is 492 g/mol. The Morgan fingerprint density at radius 1 is 0.975 bits per heavy atom. The molecule has 0 spiro atoms. The monoisotopic (exact) mass is 538 g/mol. The molecule has 1 N–H and O–H groups in total. The molecule has 6 nitrogen and oxygen atoms in total. The molecule has 2 aromatic rings. The maximum absolute atomic E-state index is 5.37. The first-order chi connectivity index (χ1) is 19.6. The third kappa shape index (κ3) is 5.92. The third-order valence-corrected chi connectivity index (χ3v) is 9.52. The highest BCUT2D eigenvalue weighted by Crippen LogP contribution is 2.46. The highest BCUT2D eigenvalue weighted by Gasteiger charge is 2.37. The van der Waals surface area contributed by atoms with Crippen molar-refractivity contribution >= 4 is 17.2 Å². The van der Waals surface area contributed by atoms with Gasteiger partial charge in [0.2, 0.25) is 0 Å². The summed E-state index contributed by atoms with van der Waals surface area (Å²) in [6.45, 7) is 12.4. The van der Waals surface area contributed by atoms with Crippen LogP contribution in [-0.4, -0.2) is 72.1 Å². The first-order valence-corrected chi connectivity index (χ1v) is 15.6. The fourth-order valence-corrected chi connectivity index (χ4v) is 6.99. The van der Waals surface area contributed by atoms with E-state index >= 15 is 0 Å². The smallest absolute Gasteiger partial charge is 0.135 e. The van der Waals surface area contributed by atoms with Crippen molar-refractivity contribution in [3.63, 3.8) is 0 Å². The molecule has 6 heteroatoms. The summed E-state index contributed by atoms with van der Waals surface area (Å²) in [5, 5.41) is 3.83. The summed E-state index contributed by atoms with van der Waals surface area (Å²) in [6.07, 6.45) is 14.9. The van der Waals surface area contributed by atoms with E-state index in [9.17, 15) is 0 Å². The SMILES string of the molecule is C=CC#CC.CN1CCC(N2CC(c3cc4c(c(C5CC5)n3)CCc3c(N5CCCCC5)ccnc3N4)C2)CC1. The molecule has 7 rings (SSSR count). The summed E-state index contributed by atoms with van der Waals surface area (Å²) in [7, 11) is 2.25. The minimum Gasteiger partial charge on any atom is -0.371 e. The second-order valence-electron chi connectivity index (χ2n) is 12.3. The number of hydrogen-bond donors (Lipinski definition) is 1. The van der Waals surface area contributed by atoms with Gasteiger partial charge in [-0.15, -0.1) is 5.92 Å². The van der Waals surface area contributed by atoms with Gasteiger partial charge in [0.15, 0.2) is 0 Å². The lowest BCUT2D eigenvalue weighted by Crippen LogP contribution is -2.54. The number of fused-ring (bicyclic) bond motifs is 2. The van der Waals surface area contributed by atoms with E-state index in [2.05, 4.69) is 57.6 Å². The molecule has 1 aliphatic carbocycles. The van der Waals surface area contributed by atoms with E-state index < -0.39 is 0 Å². The van der Waals surface area contributed by atoms with Gasteiger partial charge in [0.1, 0.15) is 5.82 Å². The number of aromatic nitrogens is 2. The first-order valence-electron chi connectivity index (χ1n) is 15.6. The van der Waals surface area contributed by atoms with E-state index in [0.717, 1.165) is 24.7 Å². The van der Waals surface area contributed by atoms with Gasteiger partial charge in [-0.25, -0.2) is 4.98 Å². The summed E-state index contributed by atoms with van der Waals surface area (Å²) in [4.78, 5) is 18.0. The Morgan fingerprint density at radius 2 is 1.73 bits per heavy atom. The van der Waals surface area contributed by atoms with Gasteiger partial charge in [-0.1, -0.05) is 12.5 Å². The molecular formula is C34H46N6. The summed E-state index contributed by atoms with van der Waals surface area (Å²) in [5.74, 6) is 7.60. The van der Waals surface area contributed by atoms with Crippen molar-refractivity contribution in [1.82, 2.24) is 19.8 Å².